The van der Waals surface area contributed by atoms with Crippen LogP contribution in [0.5, 0.6) is 5.75 Å². The lowest BCUT2D eigenvalue weighted by Crippen LogP contribution is -2.01. The van der Waals surface area contributed by atoms with Crippen molar-refractivity contribution >= 4 is 22.7 Å². The molecule has 0 saturated heterocycles. The zero-order valence-corrected chi connectivity index (χ0v) is 13.8. The van der Waals surface area contributed by atoms with Crippen LogP contribution in [0.15, 0.2) is 38.9 Å². The van der Waals surface area contributed by atoms with Crippen molar-refractivity contribution in [2.24, 2.45) is 0 Å². The third-order valence-electron chi connectivity index (χ3n) is 3.69. The summed E-state index contributed by atoms with van der Waals surface area (Å²) in [7, 11) is 0. The molecule has 0 unspecified atom stereocenters. The van der Waals surface area contributed by atoms with E-state index in [1.165, 1.54) is 23.9 Å². The summed E-state index contributed by atoms with van der Waals surface area (Å²) in [6.45, 7) is 4.79. The number of aromatic nitrogens is 3. The molecule has 0 saturated carbocycles. The molecular formula is C16H17N3O3S. The first kappa shape index (κ1) is 15.6. The molecule has 0 atom stereocenters. The summed E-state index contributed by atoms with van der Waals surface area (Å²) in [5.41, 5.74) is 1.67. The van der Waals surface area contributed by atoms with Crippen LogP contribution in [0.3, 0.4) is 0 Å². The Bertz CT molecular complexity index is 901. The summed E-state index contributed by atoms with van der Waals surface area (Å²) in [6.07, 6.45) is 2.39. The Kier molecular flexibility index (Phi) is 4.38. The lowest BCUT2D eigenvalue weighted by Gasteiger charge is -2.08. The molecule has 2 heterocycles. The van der Waals surface area contributed by atoms with Gasteiger partial charge in [-0.1, -0.05) is 18.7 Å². The second-order valence-corrected chi connectivity index (χ2v) is 6.05. The number of aryl methyl sites for hydroxylation is 2. The van der Waals surface area contributed by atoms with Crippen LogP contribution in [0.25, 0.3) is 11.0 Å². The molecule has 0 radical (unpaired) electrons. The number of hydrogen-bond acceptors (Lipinski definition) is 6. The van der Waals surface area contributed by atoms with E-state index in [0.29, 0.717) is 17.8 Å². The van der Waals surface area contributed by atoms with Crippen LogP contribution in [0.4, 0.5) is 0 Å². The molecule has 1 aromatic carbocycles. The number of benzene rings is 1. The first-order valence-corrected chi connectivity index (χ1v) is 8.40. The molecule has 0 spiro atoms. The van der Waals surface area contributed by atoms with Gasteiger partial charge in [-0.25, -0.2) is 4.79 Å². The van der Waals surface area contributed by atoms with Crippen molar-refractivity contribution in [3.05, 3.63) is 46.1 Å². The van der Waals surface area contributed by atoms with E-state index in [-0.39, 0.29) is 5.75 Å². The van der Waals surface area contributed by atoms with Crippen molar-refractivity contribution < 1.29 is 9.52 Å². The van der Waals surface area contributed by atoms with Gasteiger partial charge in [0.05, 0.1) is 0 Å². The lowest BCUT2D eigenvalue weighted by atomic mass is 10.1. The highest BCUT2D eigenvalue weighted by Gasteiger charge is 2.12. The number of aromatic hydroxyl groups is 1. The zero-order valence-electron chi connectivity index (χ0n) is 12.9. The third kappa shape index (κ3) is 3.10. The number of phenols is 1. The molecule has 7 heteroatoms. The van der Waals surface area contributed by atoms with Gasteiger partial charge in [-0.2, -0.15) is 0 Å². The number of phenolic OH excluding ortho intramolecular Hbond substituents is 1. The fourth-order valence-electron chi connectivity index (χ4n) is 2.43. The minimum atomic E-state index is -0.422. The van der Waals surface area contributed by atoms with Crippen molar-refractivity contribution in [2.75, 3.05) is 0 Å². The van der Waals surface area contributed by atoms with Crippen LogP contribution in [-0.2, 0) is 18.7 Å². The smallest absolute Gasteiger partial charge is 0.336 e. The van der Waals surface area contributed by atoms with Crippen LogP contribution in [-0.4, -0.2) is 19.9 Å². The standard InChI is InChI=1S/C16H17N3O3S/c1-3-10-5-12-11(6-15(21)22-14(12)7-13(10)20)8-23-16-18-17-9-19(16)4-2/h5-7,9,20H,3-4,8H2,1-2H3. The van der Waals surface area contributed by atoms with Crippen LogP contribution < -0.4 is 5.63 Å². The number of nitrogens with zero attached hydrogens (tertiary/aromatic N) is 3. The predicted molar refractivity (Wildman–Crippen MR) is 88.8 cm³/mol. The van der Waals surface area contributed by atoms with Crippen molar-refractivity contribution in [2.45, 2.75) is 37.7 Å². The monoisotopic (exact) mass is 331 g/mol. The second kappa shape index (κ2) is 6.45. The Hall–Kier alpha value is -2.28. The highest BCUT2D eigenvalue weighted by atomic mass is 32.2. The van der Waals surface area contributed by atoms with E-state index in [1.54, 1.807) is 6.33 Å². The summed E-state index contributed by atoms with van der Waals surface area (Å²) >= 11 is 1.52. The zero-order chi connectivity index (χ0) is 16.4. The van der Waals surface area contributed by atoms with Gasteiger partial charge in [0.1, 0.15) is 17.7 Å². The normalized spacial score (nSPS) is 11.2. The fraction of sp³-hybridized carbons (Fsp3) is 0.312. The second-order valence-electron chi connectivity index (χ2n) is 5.11. The molecule has 0 aliphatic heterocycles. The minimum absolute atomic E-state index is 0.152. The van der Waals surface area contributed by atoms with Crippen molar-refractivity contribution in [3.63, 3.8) is 0 Å². The summed E-state index contributed by atoms with van der Waals surface area (Å²) in [5, 5.41) is 19.6. The van der Waals surface area contributed by atoms with Crippen molar-refractivity contribution in [3.8, 4) is 5.75 Å². The third-order valence-corrected chi connectivity index (χ3v) is 4.72. The van der Waals surface area contributed by atoms with Crippen LogP contribution in [0.1, 0.15) is 25.0 Å². The van der Waals surface area contributed by atoms with E-state index in [1.807, 2.05) is 24.5 Å². The molecular weight excluding hydrogens is 314 g/mol. The van der Waals surface area contributed by atoms with Gasteiger partial charge in [0.2, 0.25) is 0 Å². The van der Waals surface area contributed by atoms with E-state index >= 15 is 0 Å². The van der Waals surface area contributed by atoms with Gasteiger partial charge in [0.15, 0.2) is 5.16 Å². The molecule has 23 heavy (non-hydrogen) atoms. The summed E-state index contributed by atoms with van der Waals surface area (Å²) in [5.74, 6) is 0.730. The van der Waals surface area contributed by atoms with Gasteiger partial charge in [-0.05, 0) is 30.5 Å². The first-order chi connectivity index (χ1) is 11.1. The molecule has 2 aromatic heterocycles. The van der Waals surface area contributed by atoms with E-state index in [0.717, 1.165) is 28.2 Å². The Morgan fingerprint density at radius 2 is 2.09 bits per heavy atom. The highest BCUT2D eigenvalue weighted by molar-refractivity contribution is 7.98. The lowest BCUT2D eigenvalue weighted by molar-refractivity contribution is 0.466. The van der Waals surface area contributed by atoms with E-state index in [4.69, 9.17) is 4.42 Å². The molecule has 6 nitrogen and oxygen atoms in total. The largest absolute Gasteiger partial charge is 0.508 e. The molecule has 0 aliphatic carbocycles. The Balaban J connectivity index is 2.00. The van der Waals surface area contributed by atoms with Gasteiger partial charge in [-0.15, -0.1) is 10.2 Å². The summed E-state index contributed by atoms with van der Waals surface area (Å²) in [6, 6.07) is 4.89. The first-order valence-electron chi connectivity index (χ1n) is 7.41. The molecule has 0 amide bonds. The Morgan fingerprint density at radius 1 is 1.26 bits per heavy atom. The minimum Gasteiger partial charge on any atom is -0.508 e. The van der Waals surface area contributed by atoms with Crippen LogP contribution in [0, 0.1) is 0 Å². The maximum Gasteiger partial charge on any atom is 0.336 e. The molecule has 0 bridgehead atoms. The summed E-state index contributed by atoms with van der Waals surface area (Å²) in [4.78, 5) is 11.8. The van der Waals surface area contributed by atoms with E-state index in [9.17, 15) is 9.90 Å². The van der Waals surface area contributed by atoms with E-state index in [2.05, 4.69) is 10.2 Å². The SMILES string of the molecule is CCc1cc2c(CSc3nncn3CC)cc(=O)oc2cc1O. The maximum atomic E-state index is 11.8. The molecule has 3 aromatic rings. The molecule has 1 N–H and O–H groups in total. The van der Waals surface area contributed by atoms with Gasteiger partial charge >= 0.3 is 5.63 Å². The molecule has 120 valence electrons. The van der Waals surface area contributed by atoms with Gasteiger partial charge in [0, 0.05) is 29.8 Å². The quantitative estimate of drug-likeness (QED) is 0.572. The number of rotatable bonds is 5. The highest BCUT2D eigenvalue weighted by Crippen LogP contribution is 2.30. The number of fused-ring (bicyclic) bond motifs is 1. The topological polar surface area (TPSA) is 81.2 Å². The van der Waals surface area contributed by atoms with E-state index < -0.39 is 5.63 Å². The summed E-state index contributed by atoms with van der Waals surface area (Å²) < 4.78 is 7.15. The van der Waals surface area contributed by atoms with Gasteiger partial charge < -0.3 is 14.1 Å². The Morgan fingerprint density at radius 3 is 2.83 bits per heavy atom. The van der Waals surface area contributed by atoms with Crippen LogP contribution >= 0.6 is 11.8 Å². The van der Waals surface area contributed by atoms with Crippen molar-refractivity contribution in [1.29, 1.82) is 0 Å². The predicted octanol–water partition coefficient (Wildman–Crippen LogP) is 2.96. The fourth-order valence-corrected chi connectivity index (χ4v) is 3.40. The average molecular weight is 331 g/mol. The van der Waals surface area contributed by atoms with Gasteiger partial charge in [0.25, 0.3) is 0 Å². The molecule has 0 aliphatic rings. The number of thioether (sulfide) groups is 1. The van der Waals surface area contributed by atoms with Crippen molar-refractivity contribution in [1.82, 2.24) is 14.8 Å². The average Bonchev–Trinajstić information content (AvgIpc) is 2.99. The van der Waals surface area contributed by atoms with Gasteiger partial charge in [-0.3, -0.25) is 0 Å². The maximum absolute atomic E-state index is 11.8. The number of hydrogen-bond donors (Lipinski definition) is 1. The molecule has 3 rings (SSSR count). The Labute approximate surface area is 137 Å². The van der Waals surface area contributed by atoms with Crippen LogP contribution in [0.2, 0.25) is 0 Å². The molecule has 0 fully saturated rings.